The van der Waals surface area contributed by atoms with E-state index >= 15 is 0 Å². The third kappa shape index (κ3) is 5.78. The zero-order chi connectivity index (χ0) is 18.5. The van der Waals surface area contributed by atoms with Crippen molar-refractivity contribution in [2.24, 2.45) is 10.7 Å². The minimum Gasteiger partial charge on any atom is -0.370 e. The van der Waals surface area contributed by atoms with Crippen LogP contribution in [0.4, 0.5) is 5.69 Å². The molecule has 0 aliphatic rings. The van der Waals surface area contributed by atoms with E-state index in [4.69, 9.17) is 10.3 Å². The molecule has 1 heterocycles. The number of nitrogens with zero attached hydrogens (tertiary/aromatic N) is 3. The van der Waals surface area contributed by atoms with Crippen molar-refractivity contribution < 1.29 is 4.52 Å². The minimum atomic E-state index is -0.0282. The van der Waals surface area contributed by atoms with E-state index in [1.807, 2.05) is 63.2 Å². The Bertz CT molecular complexity index is 887. The van der Waals surface area contributed by atoms with E-state index in [0.29, 0.717) is 24.2 Å². The van der Waals surface area contributed by atoms with Gasteiger partial charge in [-0.1, -0.05) is 48.5 Å². The third-order valence-electron chi connectivity index (χ3n) is 3.92. The molecule has 0 amide bonds. The molecule has 0 saturated heterocycles. The van der Waals surface area contributed by atoms with Crippen molar-refractivity contribution in [1.82, 2.24) is 10.1 Å². The SMILES string of the molecule is Cc1cc(C)cc(NC(N)=NCC(C)c2nc(-c3ccccc3)no2)c1.I. The van der Waals surface area contributed by atoms with Gasteiger partial charge in [-0.2, -0.15) is 4.98 Å². The summed E-state index contributed by atoms with van der Waals surface area (Å²) in [6.07, 6.45) is 0. The number of nitrogens with two attached hydrogens (primary N) is 1. The van der Waals surface area contributed by atoms with Crippen molar-refractivity contribution in [3.8, 4) is 11.4 Å². The summed E-state index contributed by atoms with van der Waals surface area (Å²) in [4.78, 5) is 8.85. The van der Waals surface area contributed by atoms with Crippen LogP contribution in [-0.2, 0) is 0 Å². The molecule has 2 aromatic carbocycles. The van der Waals surface area contributed by atoms with Gasteiger partial charge in [0, 0.05) is 11.3 Å². The maximum atomic E-state index is 6.00. The topological polar surface area (TPSA) is 89.3 Å². The Labute approximate surface area is 176 Å². The van der Waals surface area contributed by atoms with Crippen LogP contribution in [0.5, 0.6) is 0 Å². The first-order chi connectivity index (χ1) is 12.5. The molecule has 1 atom stereocenters. The molecular weight excluding hydrogens is 453 g/mol. The van der Waals surface area contributed by atoms with Gasteiger partial charge >= 0.3 is 0 Å². The van der Waals surface area contributed by atoms with Crippen molar-refractivity contribution in [2.75, 3.05) is 11.9 Å². The maximum Gasteiger partial charge on any atom is 0.231 e. The standard InChI is InChI=1S/C20H23N5O.HI/c1-13-9-14(2)11-17(10-13)23-20(21)22-12-15(3)19-24-18(25-26-19)16-7-5-4-6-8-16;/h4-11,15H,12H2,1-3H3,(H3,21,22,23);1H. The molecule has 0 saturated carbocycles. The highest BCUT2D eigenvalue weighted by atomic mass is 127. The molecule has 0 spiro atoms. The average molecular weight is 477 g/mol. The Hall–Kier alpha value is -2.42. The number of hydrogen-bond acceptors (Lipinski definition) is 4. The minimum absolute atomic E-state index is 0. The van der Waals surface area contributed by atoms with Gasteiger partial charge in [0.05, 0.1) is 12.5 Å². The number of anilines is 1. The molecule has 7 heteroatoms. The van der Waals surface area contributed by atoms with Crippen LogP contribution < -0.4 is 11.1 Å². The summed E-state index contributed by atoms with van der Waals surface area (Å²) >= 11 is 0. The summed E-state index contributed by atoms with van der Waals surface area (Å²) in [5.41, 5.74) is 10.2. The number of aliphatic imine (C=N–C) groups is 1. The summed E-state index contributed by atoms with van der Waals surface area (Å²) in [5.74, 6) is 1.47. The highest BCUT2D eigenvalue weighted by Gasteiger charge is 2.15. The first kappa shape index (κ1) is 20.9. The van der Waals surface area contributed by atoms with Gasteiger partial charge in [0.2, 0.25) is 11.7 Å². The number of aromatic nitrogens is 2. The third-order valence-corrected chi connectivity index (χ3v) is 3.92. The fourth-order valence-electron chi connectivity index (χ4n) is 2.69. The Kier molecular flexibility index (Phi) is 7.35. The van der Waals surface area contributed by atoms with Crippen LogP contribution in [0.15, 0.2) is 58.0 Å². The highest BCUT2D eigenvalue weighted by Crippen LogP contribution is 2.19. The van der Waals surface area contributed by atoms with Crippen molar-refractivity contribution in [2.45, 2.75) is 26.7 Å². The predicted octanol–water partition coefficient (Wildman–Crippen LogP) is 4.50. The summed E-state index contributed by atoms with van der Waals surface area (Å²) in [7, 11) is 0. The Morgan fingerprint density at radius 3 is 2.48 bits per heavy atom. The van der Waals surface area contributed by atoms with Gasteiger partial charge in [-0.3, -0.25) is 4.99 Å². The van der Waals surface area contributed by atoms with Crippen molar-refractivity contribution >= 4 is 35.6 Å². The number of halogens is 1. The maximum absolute atomic E-state index is 6.00. The van der Waals surface area contributed by atoms with Crippen molar-refractivity contribution in [1.29, 1.82) is 0 Å². The monoisotopic (exact) mass is 477 g/mol. The zero-order valence-corrected chi connectivity index (χ0v) is 18.0. The molecule has 0 radical (unpaired) electrons. The molecule has 0 aliphatic heterocycles. The second kappa shape index (κ2) is 9.50. The molecular formula is C20H24IN5O. The van der Waals surface area contributed by atoms with Crippen LogP contribution in [0.25, 0.3) is 11.4 Å². The van der Waals surface area contributed by atoms with E-state index < -0.39 is 0 Å². The molecule has 0 aliphatic carbocycles. The van der Waals surface area contributed by atoms with Crippen LogP contribution in [0, 0.1) is 13.8 Å². The molecule has 142 valence electrons. The van der Waals surface area contributed by atoms with Crippen LogP contribution in [0.2, 0.25) is 0 Å². The van der Waals surface area contributed by atoms with E-state index in [1.165, 1.54) is 11.1 Å². The number of guanidine groups is 1. The normalized spacial score (nSPS) is 12.3. The highest BCUT2D eigenvalue weighted by molar-refractivity contribution is 14.0. The van der Waals surface area contributed by atoms with Gasteiger partial charge in [-0.25, -0.2) is 0 Å². The fraction of sp³-hybridized carbons (Fsp3) is 0.250. The second-order valence-electron chi connectivity index (χ2n) is 6.45. The lowest BCUT2D eigenvalue weighted by molar-refractivity contribution is 0.361. The van der Waals surface area contributed by atoms with E-state index in [2.05, 4.69) is 26.5 Å². The van der Waals surface area contributed by atoms with Gasteiger partial charge in [-0.15, -0.1) is 24.0 Å². The number of hydrogen-bond donors (Lipinski definition) is 2. The molecule has 6 nitrogen and oxygen atoms in total. The zero-order valence-electron chi connectivity index (χ0n) is 15.6. The van der Waals surface area contributed by atoms with Crippen LogP contribution in [0.3, 0.4) is 0 Å². The molecule has 1 aromatic heterocycles. The Morgan fingerprint density at radius 2 is 1.81 bits per heavy atom. The van der Waals surface area contributed by atoms with Gasteiger partial charge in [0.15, 0.2) is 5.96 Å². The summed E-state index contributed by atoms with van der Waals surface area (Å²) in [6.45, 7) is 6.54. The van der Waals surface area contributed by atoms with Gasteiger partial charge in [-0.05, 0) is 37.1 Å². The van der Waals surface area contributed by atoms with Gasteiger partial charge in [0.1, 0.15) is 0 Å². The Morgan fingerprint density at radius 1 is 1.15 bits per heavy atom. The van der Waals surface area contributed by atoms with E-state index in [1.54, 1.807) is 0 Å². The molecule has 0 fully saturated rings. The van der Waals surface area contributed by atoms with E-state index in [-0.39, 0.29) is 29.9 Å². The summed E-state index contributed by atoms with van der Waals surface area (Å²) < 4.78 is 5.37. The first-order valence-corrected chi connectivity index (χ1v) is 8.55. The molecule has 3 N–H and O–H groups in total. The molecule has 3 rings (SSSR count). The fourth-order valence-corrected chi connectivity index (χ4v) is 2.69. The number of benzene rings is 2. The quantitative estimate of drug-likeness (QED) is 0.321. The van der Waals surface area contributed by atoms with Gasteiger partial charge < -0.3 is 15.6 Å². The second-order valence-corrected chi connectivity index (χ2v) is 6.45. The molecule has 3 aromatic rings. The van der Waals surface area contributed by atoms with Gasteiger partial charge in [0.25, 0.3) is 0 Å². The number of rotatable bonds is 5. The molecule has 1 unspecified atom stereocenters. The van der Waals surface area contributed by atoms with E-state index in [0.717, 1.165) is 11.3 Å². The van der Waals surface area contributed by atoms with Crippen LogP contribution in [0.1, 0.15) is 29.9 Å². The summed E-state index contributed by atoms with van der Waals surface area (Å²) in [6, 6.07) is 15.9. The molecule has 0 bridgehead atoms. The molecule has 27 heavy (non-hydrogen) atoms. The first-order valence-electron chi connectivity index (χ1n) is 8.55. The van der Waals surface area contributed by atoms with Crippen LogP contribution in [-0.4, -0.2) is 22.6 Å². The lowest BCUT2D eigenvalue weighted by Gasteiger charge is -2.09. The lowest BCUT2D eigenvalue weighted by atomic mass is 10.1. The van der Waals surface area contributed by atoms with Crippen LogP contribution >= 0.6 is 24.0 Å². The Balaban J connectivity index is 0.00000261. The smallest absolute Gasteiger partial charge is 0.231 e. The predicted molar refractivity (Wildman–Crippen MR) is 120 cm³/mol. The largest absolute Gasteiger partial charge is 0.370 e. The lowest BCUT2D eigenvalue weighted by Crippen LogP contribution is -2.23. The van der Waals surface area contributed by atoms with E-state index in [9.17, 15) is 0 Å². The number of aryl methyl sites for hydroxylation is 2. The van der Waals surface area contributed by atoms with Crippen molar-refractivity contribution in [3.05, 3.63) is 65.5 Å². The average Bonchev–Trinajstić information content (AvgIpc) is 3.10. The van der Waals surface area contributed by atoms with Crippen molar-refractivity contribution in [3.63, 3.8) is 0 Å². The summed E-state index contributed by atoms with van der Waals surface area (Å²) in [5, 5.41) is 7.16. The number of nitrogens with one attached hydrogen (secondary N) is 1.